The number of morpholine rings is 1. The number of likely N-dealkylation sites (tertiary alicyclic amines) is 1. The van der Waals surface area contributed by atoms with Gasteiger partial charge in [-0.15, -0.1) is 0 Å². The molecule has 0 aliphatic carbocycles. The van der Waals surface area contributed by atoms with Crippen LogP contribution in [0, 0.1) is 5.82 Å². The maximum Gasteiger partial charge on any atom is 0.320 e. The second kappa shape index (κ2) is 7.94. The van der Waals surface area contributed by atoms with Crippen LogP contribution in [0.3, 0.4) is 0 Å². The molecule has 3 saturated heterocycles. The molecule has 1 aromatic carbocycles. The van der Waals surface area contributed by atoms with Crippen molar-refractivity contribution < 1.29 is 27.1 Å². The van der Waals surface area contributed by atoms with Crippen molar-refractivity contribution in [3.63, 3.8) is 0 Å². The summed E-state index contributed by atoms with van der Waals surface area (Å²) in [5, 5.41) is 0. The monoisotopic (exact) mass is 413 g/mol. The summed E-state index contributed by atoms with van der Waals surface area (Å²) in [5.74, 6) is -0.528. The van der Waals surface area contributed by atoms with Crippen molar-refractivity contribution in [3.05, 3.63) is 35.6 Å². The number of rotatable bonds is 2. The van der Waals surface area contributed by atoms with Crippen LogP contribution in [0.5, 0.6) is 0 Å². The van der Waals surface area contributed by atoms with E-state index in [0.717, 1.165) is 0 Å². The van der Waals surface area contributed by atoms with Gasteiger partial charge >= 0.3 is 6.03 Å². The fourth-order valence-corrected chi connectivity index (χ4v) is 5.47. The lowest BCUT2D eigenvalue weighted by molar-refractivity contribution is 0.0377. The number of fused-ring (bicyclic) bond motifs is 1. The molecule has 0 unspecified atom stereocenters. The first-order chi connectivity index (χ1) is 13.4. The van der Waals surface area contributed by atoms with Crippen LogP contribution in [0.1, 0.15) is 5.56 Å². The molecule has 3 aliphatic rings. The zero-order valence-corrected chi connectivity index (χ0v) is 16.3. The molecule has 0 bridgehead atoms. The molecule has 4 rings (SSSR count). The van der Waals surface area contributed by atoms with Crippen molar-refractivity contribution >= 4 is 16.1 Å². The van der Waals surface area contributed by atoms with Crippen molar-refractivity contribution in [1.29, 1.82) is 0 Å². The summed E-state index contributed by atoms with van der Waals surface area (Å²) in [6.07, 6.45) is -0.393. The maximum absolute atomic E-state index is 13.6. The van der Waals surface area contributed by atoms with Gasteiger partial charge in [-0.3, -0.25) is 0 Å². The number of hydrogen-bond acceptors (Lipinski definition) is 5. The Kier molecular flexibility index (Phi) is 5.55. The van der Waals surface area contributed by atoms with Crippen LogP contribution in [0.4, 0.5) is 9.18 Å². The maximum atomic E-state index is 13.6. The Labute approximate surface area is 163 Å². The van der Waals surface area contributed by atoms with Crippen LogP contribution >= 0.6 is 0 Å². The van der Waals surface area contributed by atoms with E-state index in [0.29, 0.717) is 38.4 Å². The zero-order valence-electron chi connectivity index (χ0n) is 15.5. The average molecular weight is 413 g/mol. The Balaban J connectivity index is 1.55. The first-order valence-corrected chi connectivity index (χ1v) is 11.0. The van der Waals surface area contributed by atoms with E-state index >= 15 is 0 Å². The van der Waals surface area contributed by atoms with Gasteiger partial charge in [0.15, 0.2) is 0 Å². The van der Waals surface area contributed by atoms with Crippen LogP contribution in [-0.4, -0.2) is 92.5 Å². The molecule has 28 heavy (non-hydrogen) atoms. The molecule has 0 N–H and O–H groups in total. The third-order valence-corrected chi connectivity index (χ3v) is 7.21. The number of ether oxygens (including phenoxy) is 2. The molecule has 0 spiro atoms. The van der Waals surface area contributed by atoms with Gasteiger partial charge in [-0.1, -0.05) is 12.1 Å². The predicted octanol–water partition coefficient (Wildman–Crippen LogP) is 0.493. The van der Waals surface area contributed by atoms with E-state index in [-0.39, 0.29) is 31.5 Å². The highest BCUT2D eigenvalue weighted by Gasteiger charge is 2.46. The van der Waals surface area contributed by atoms with Gasteiger partial charge in [-0.25, -0.2) is 17.6 Å². The minimum atomic E-state index is -3.58. The number of sulfonamides is 1. The minimum absolute atomic E-state index is 0.0597. The summed E-state index contributed by atoms with van der Waals surface area (Å²) >= 11 is 0. The highest BCUT2D eigenvalue weighted by atomic mass is 32.2. The first-order valence-electron chi connectivity index (χ1n) is 9.41. The Bertz CT molecular complexity index is 830. The first kappa shape index (κ1) is 19.6. The molecule has 0 radical (unpaired) electrons. The Morgan fingerprint density at radius 2 is 1.93 bits per heavy atom. The van der Waals surface area contributed by atoms with Crippen LogP contribution in [-0.2, 0) is 26.0 Å². The minimum Gasteiger partial charge on any atom is -0.378 e. The van der Waals surface area contributed by atoms with Crippen molar-refractivity contribution in [2.24, 2.45) is 0 Å². The van der Waals surface area contributed by atoms with E-state index in [1.54, 1.807) is 21.9 Å². The quantitative estimate of drug-likeness (QED) is 0.705. The van der Waals surface area contributed by atoms with Crippen LogP contribution in [0.15, 0.2) is 24.3 Å². The lowest BCUT2D eigenvalue weighted by atomic mass is 10.1. The third kappa shape index (κ3) is 4.00. The zero-order chi connectivity index (χ0) is 19.7. The molecule has 10 heteroatoms. The Morgan fingerprint density at radius 3 is 2.68 bits per heavy atom. The molecule has 8 nitrogen and oxygen atoms in total. The van der Waals surface area contributed by atoms with Gasteiger partial charge < -0.3 is 19.3 Å². The number of benzene rings is 1. The molecule has 3 heterocycles. The molecule has 3 fully saturated rings. The number of amides is 2. The summed E-state index contributed by atoms with van der Waals surface area (Å²) in [4.78, 5) is 16.2. The standard InChI is InChI=1S/C18H24FN3O5S/c19-15-3-1-2-14(10-15)11-22-16-12-21(18(23)20-4-6-26-7-5-20)13-17(16)27-8-9-28(22,24)25/h1-3,10,16-17H,4-9,11-13H2/t16-,17+/m1/s1. The molecule has 2 amide bonds. The van der Waals surface area contributed by atoms with Gasteiger partial charge in [0.05, 0.1) is 44.3 Å². The smallest absolute Gasteiger partial charge is 0.320 e. The van der Waals surface area contributed by atoms with Gasteiger partial charge in [0, 0.05) is 26.2 Å². The van der Waals surface area contributed by atoms with Crippen LogP contribution in [0.2, 0.25) is 0 Å². The second-order valence-electron chi connectivity index (χ2n) is 7.25. The normalized spacial score (nSPS) is 28.0. The van der Waals surface area contributed by atoms with Gasteiger partial charge in [-0.2, -0.15) is 4.31 Å². The molecule has 3 aliphatic heterocycles. The second-order valence-corrected chi connectivity index (χ2v) is 9.30. The summed E-state index contributed by atoms with van der Waals surface area (Å²) in [6.45, 7) is 2.80. The van der Waals surface area contributed by atoms with Gasteiger partial charge in [0.1, 0.15) is 5.82 Å². The van der Waals surface area contributed by atoms with Crippen molar-refractivity contribution in [1.82, 2.24) is 14.1 Å². The predicted molar refractivity (Wildman–Crippen MR) is 98.6 cm³/mol. The fraction of sp³-hybridized carbons (Fsp3) is 0.611. The molecular formula is C18H24FN3O5S. The Morgan fingerprint density at radius 1 is 1.14 bits per heavy atom. The molecule has 1 aromatic rings. The molecule has 2 atom stereocenters. The van der Waals surface area contributed by atoms with Crippen molar-refractivity contribution in [2.45, 2.75) is 18.7 Å². The number of nitrogens with zero attached hydrogens (tertiary/aromatic N) is 3. The number of carbonyl (C=O) groups excluding carboxylic acids is 1. The largest absolute Gasteiger partial charge is 0.378 e. The summed E-state index contributed by atoms with van der Waals surface area (Å²) in [7, 11) is -3.58. The molecular weight excluding hydrogens is 389 g/mol. The number of urea groups is 1. The summed E-state index contributed by atoms with van der Waals surface area (Å²) in [6, 6.07) is 5.31. The highest BCUT2D eigenvalue weighted by Crippen LogP contribution is 2.28. The Hall–Kier alpha value is -1.75. The van der Waals surface area contributed by atoms with Gasteiger partial charge in [0.2, 0.25) is 10.0 Å². The van der Waals surface area contributed by atoms with Crippen molar-refractivity contribution in [3.8, 4) is 0 Å². The molecule has 154 valence electrons. The summed E-state index contributed by atoms with van der Waals surface area (Å²) in [5.41, 5.74) is 0.571. The molecule has 0 aromatic heterocycles. The van der Waals surface area contributed by atoms with Crippen molar-refractivity contribution in [2.75, 3.05) is 51.8 Å². The topological polar surface area (TPSA) is 79.4 Å². The van der Waals surface area contributed by atoms with Crippen LogP contribution < -0.4 is 0 Å². The fourth-order valence-electron chi connectivity index (χ4n) is 3.97. The van der Waals surface area contributed by atoms with E-state index in [1.807, 2.05) is 0 Å². The van der Waals surface area contributed by atoms with E-state index < -0.39 is 28.0 Å². The van der Waals surface area contributed by atoms with Crippen LogP contribution in [0.25, 0.3) is 0 Å². The SMILES string of the molecule is O=C(N1CCOCC1)N1C[C@@H]2OCCS(=O)(=O)N(Cc3cccc(F)c3)[C@@H]2C1. The van der Waals surface area contributed by atoms with E-state index in [4.69, 9.17) is 9.47 Å². The highest BCUT2D eigenvalue weighted by molar-refractivity contribution is 7.89. The van der Waals surface area contributed by atoms with E-state index in [9.17, 15) is 17.6 Å². The van der Waals surface area contributed by atoms with Gasteiger partial charge in [-0.05, 0) is 17.7 Å². The number of hydrogen-bond donors (Lipinski definition) is 0. The van der Waals surface area contributed by atoms with E-state index in [2.05, 4.69) is 0 Å². The van der Waals surface area contributed by atoms with E-state index in [1.165, 1.54) is 16.4 Å². The lowest BCUT2D eigenvalue weighted by Gasteiger charge is -2.31. The lowest BCUT2D eigenvalue weighted by Crippen LogP contribution is -2.49. The average Bonchev–Trinajstić information content (AvgIpc) is 3.05. The number of carbonyl (C=O) groups is 1. The summed E-state index contributed by atoms with van der Waals surface area (Å²) < 4.78 is 51.7. The third-order valence-electron chi connectivity index (χ3n) is 5.42. The number of halogens is 1. The molecule has 0 saturated carbocycles. The van der Waals surface area contributed by atoms with Gasteiger partial charge in [0.25, 0.3) is 0 Å².